The molecule has 1 atom stereocenters. The summed E-state index contributed by atoms with van der Waals surface area (Å²) in [4.78, 5) is 49.2. The van der Waals surface area contributed by atoms with Crippen molar-refractivity contribution in [1.29, 1.82) is 0 Å². The lowest BCUT2D eigenvalue weighted by molar-refractivity contribution is -0.387. The smallest absolute Gasteiger partial charge is 0.338 e. The molecule has 1 N–H and O–H groups in total. The van der Waals surface area contributed by atoms with Gasteiger partial charge in [-0.25, -0.2) is 19.2 Å². The molecule has 4 aromatic carbocycles. The van der Waals surface area contributed by atoms with Crippen LogP contribution in [0.15, 0.2) is 116 Å². The van der Waals surface area contributed by atoms with Crippen LogP contribution < -0.4 is 14.9 Å². The normalized spacial score (nSPS) is 14.2. The number of nitro benzene ring substituents is 1. The highest BCUT2D eigenvalue weighted by Gasteiger charge is 2.35. The Bertz CT molecular complexity index is 2590. The third-order valence-electron chi connectivity index (χ3n) is 7.89. The molecule has 260 valence electrons. The summed E-state index contributed by atoms with van der Waals surface area (Å²) >= 11 is 14.3. The van der Waals surface area contributed by atoms with Gasteiger partial charge in [-0.05, 0) is 72.3 Å². The number of esters is 1. The monoisotopic (exact) mass is 772 g/mol. The Morgan fingerprint density at radius 1 is 1.10 bits per heavy atom. The maximum Gasteiger partial charge on any atom is 0.338 e. The molecule has 0 amide bonds. The number of nitrogens with one attached hydrogen (secondary N) is 1. The van der Waals surface area contributed by atoms with Gasteiger partial charge in [0.2, 0.25) is 5.16 Å². The van der Waals surface area contributed by atoms with E-state index in [0.717, 1.165) is 23.1 Å². The van der Waals surface area contributed by atoms with Crippen LogP contribution in [0.1, 0.15) is 29.7 Å². The first-order valence-electron chi connectivity index (χ1n) is 15.5. The minimum atomic E-state index is -1.00. The number of thiazole rings is 1. The number of nitrogens with zero attached hydrogens (tertiary/aromatic N) is 5. The van der Waals surface area contributed by atoms with Gasteiger partial charge >= 0.3 is 5.97 Å². The van der Waals surface area contributed by atoms with Gasteiger partial charge in [0.15, 0.2) is 10.6 Å². The molecule has 11 nitrogen and oxygen atoms in total. The van der Waals surface area contributed by atoms with E-state index in [4.69, 9.17) is 32.9 Å². The van der Waals surface area contributed by atoms with Gasteiger partial charge in [-0.15, -0.1) is 5.10 Å². The van der Waals surface area contributed by atoms with Gasteiger partial charge in [0.25, 0.3) is 11.2 Å². The van der Waals surface area contributed by atoms with E-state index in [2.05, 4.69) is 15.2 Å². The van der Waals surface area contributed by atoms with Crippen molar-refractivity contribution in [2.24, 2.45) is 4.99 Å². The molecule has 0 bridgehead atoms. The molecule has 0 aliphatic carbocycles. The Kier molecular flexibility index (Phi) is 9.88. The molecule has 1 aliphatic heterocycles. The fraction of sp³-hybridized carbons (Fsp3) is 0.0833. The third kappa shape index (κ3) is 6.93. The molecular weight excluding hydrogens is 750 g/mol. The summed E-state index contributed by atoms with van der Waals surface area (Å²) in [6.07, 6.45) is 1.52. The maximum absolute atomic E-state index is 14.2. The van der Waals surface area contributed by atoms with Crippen molar-refractivity contribution in [3.8, 4) is 11.4 Å². The summed E-state index contributed by atoms with van der Waals surface area (Å²) in [5, 5.41) is 20.2. The molecule has 0 fully saturated rings. The van der Waals surface area contributed by atoms with Crippen molar-refractivity contribution in [3.05, 3.63) is 159 Å². The summed E-state index contributed by atoms with van der Waals surface area (Å²) < 4.78 is 21.1. The zero-order valence-electron chi connectivity index (χ0n) is 26.7. The third-order valence-corrected chi connectivity index (χ3v) is 10.4. The lowest BCUT2D eigenvalue weighted by Gasteiger charge is -2.25. The number of benzene rings is 4. The standard InChI is InChI=1S/C36H23Cl2FN6O5S2/c1-2-50-34(47)29-30(20-6-4-3-5-7-20)40-36-44(31(29)21-9-12-23(39)13-10-21)33(46)28(52-36)17-19-8-15-27(26(16-19)45(48)49)51-35-41-32(42-43-35)24-14-11-22(37)18-25(24)38/h3-18,31H,2H2,1H3,(H,41,42,43)/b28-17+/t31-/m0/s1. The summed E-state index contributed by atoms with van der Waals surface area (Å²) in [5.74, 6) is -0.801. The molecule has 0 spiro atoms. The highest BCUT2D eigenvalue weighted by Crippen LogP contribution is 2.37. The number of carbonyl (C=O) groups is 1. The second kappa shape index (κ2) is 14.7. The number of rotatable bonds is 9. The van der Waals surface area contributed by atoms with Crippen LogP contribution in [0, 0.1) is 15.9 Å². The van der Waals surface area contributed by atoms with Crippen LogP contribution in [0.25, 0.3) is 23.2 Å². The molecule has 16 heteroatoms. The SMILES string of the molecule is CCOC(=O)C1=C(c2ccccc2)N=c2s/c(=C/c3ccc(Sc4n[nH]c(-c5ccc(Cl)cc5Cl)n4)c([N+](=O)[O-])c3)c(=O)n2[C@H]1c1ccc(F)cc1. The predicted octanol–water partition coefficient (Wildman–Crippen LogP) is 7.23. The molecule has 0 radical (unpaired) electrons. The Balaban J connectivity index is 1.31. The van der Waals surface area contributed by atoms with Crippen LogP contribution in [0.4, 0.5) is 10.1 Å². The molecule has 2 aromatic heterocycles. The second-order valence-corrected chi connectivity index (χ2v) is 14.0. The predicted molar refractivity (Wildman–Crippen MR) is 197 cm³/mol. The van der Waals surface area contributed by atoms with Crippen molar-refractivity contribution in [3.63, 3.8) is 0 Å². The second-order valence-electron chi connectivity index (χ2n) is 11.2. The van der Waals surface area contributed by atoms with Crippen LogP contribution in [-0.4, -0.2) is 37.2 Å². The average Bonchev–Trinajstić information content (AvgIpc) is 3.72. The molecule has 3 heterocycles. The van der Waals surface area contributed by atoms with Gasteiger partial charge in [0, 0.05) is 22.2 Å². The van der Waals surface area contributed by atoms with Gasteiger partial charge in [-0.2, -0.15) is 0 Å². The molecule has 6 aromatic rings. The molecule has 1 aliphatic rings. The van der Waals surface area contributed by atoms with Crippen LogP contribution in [0.2, 0.25) is 10.0 Å². The lowest BCUT2D eigenvalue weighted by atomic mass is 9.93. The van der Waals surface area contributed by atoms with Crippen LogP contribution in [0.5, 0.6) is 0 Å². The Morgan fingerprint density at radius 3 is 2.58 bits per heavy atom. The minimum Gasteiger partial charge on any atom is -0.463 e. The van der Waals surface area contributed by atoms with Crippen molar-refractivity contribution < 1.29 is 18.8 Å². The topological polar surface area (TPSA) is 145 Å². The van der Waals surface area contributed by atoms with E-state index in [1.165, 1.54) is 41.0 Å². The first-order valence-corrected chi connectivity index (χ1v) is 17.9. The van der Waals surface area contributed by atoms with E-state index in [0.29, 0.717) is 43.8 Å². The number of fused-ring (bicyclic) bond motifs is 1. The minimum absolute atomic E-state index is 0.0755. The fourth-order valence-electron chi connectivity index (χ4n) is 5.60. The number of H-pyrrole nitrogens is 1. The summed E-state index contributed by atoms with van der Waals surface area (Å²) in [6, 6.07) is 22.9. The first-order chi connectivity index (χ1) is 25.1. The molecule has 52 heavy (non-hydrogen) atoms. The Morgan fingerprint density at radius 2 is 1.87 bits per heavy atom. The van der Waals surface area contributed by atoms with Gasteiger partial charge < -0.3 is 4.74 Å². The van der Waals surface area contributed by atoms with Crippen LogP contribution >= 0.6 is 46.3 Å². The van der Waals surface area contributed by atoms with Crippen molar-refractivity contribution in [1.82, 2.24) is 19.7 Å². The Labute approximate surface area is 311 Å². The number of aromatic amines is 1. The zero-order chi connectivity index (χ0) is 36.5. The number of aromatic nitrogens is 4. The molecule has 0 saturated heterocycles. The molecular formula is C36H23Cl2FN6O5S2. The van der Waals surface area contributed by atoms with Crippen LogP contribution in [-0.2, 0) is 9.53 Å². The van der Waals surface area contributed by atoms with E-state index >= 15 is 0 Å². The Hall–Kier alpha value is -5.41. The van der Waals surface area contributed by atoms with Gasteiger partial charge in [0.05, 0.1) is 43.3 Å². The molecule has 0 saturated carbocycles. The molecule has 7 rings (SSSR count). The van der Waals surface area contributed by atoms with E-state index in [1.54, 1.807) is 61.5 Å². The van der Waals surface area contributed by atoms with E-state index in [9.17, 15) is 24.1 Å². The summed E-state index contributed by atoms with van der Waals surface area (Å²) in [6.45, 7) is 1.75. The van der Waals surface area contributed by atoms with Gasteiger partial charge in [-0.3, -0.25) is 24.6 Å². The average molecular weight is 774 g/mol. The number of hydrogen-bond acceptors (Lipinski definition) is 10. The fourth-order valence-corrected chi connectivity index (χ4v) is 7.90. The van der Waals surface area contributed by atoms with Gasteiger partial charge in [-0.1, -0.05) is 83.1 Å². The number of carbonyl (C=O) groups excluding carboxylic acids is 1. The first kappa shape index (κ1) is 35.0. The number of nitro groups is 1. The molecule has 0 unspecified atom stereocenters. The van der Waals surface area contributed by atoms with Gasteiger partial charge in [0.1, 0.15) is 5.82 Å². The summed E-state index contributed by atoms with van der Waals surface area (Å²) in [7, 11) is 0. The number of hydrogen-bond donors (Lipinski definition) is 1. The van der Waals surface area contributed by atoms with E-state index in [-0.39, 0.29) is 37.3 Å². The quantitative estimate of drug-likeness (QED) is 0.0921. The largest absolute Gasteiger partial charge is 0.463 e. The highest BCUT2D eigenvalue weighted by molar-refractivity contribution is 7.99. The lowest BCUT2D eigenvalue weighted by Crippen LogP contribution is -2.40. The maximum atomic E-state index is 14.2. The number of halogens is 3. The summed E-state index contributed by atoms with van der Waals surface area (Å²) in [5.41, 5.74) is 1.71. The van der Waals surface area contributed by atoms with Crippen molar-refractivity contribution >= 4 is 69.7 Å². The van der Waals surface area contributed by atoms with Crippen LogP contribution in [0.3, 0.4) is 0 Å². The van der Waals surface area contributed by atoms with Crippen molar-refractivity contribution in [2.75, 3.05) is 6.61 Å². The van der Waals surface area contributed by atoms with E-state index < -0.39 is 28.3 Å². The highest BCUT2D eigenvalue weighted by atomic mass is 35.5. The number of ether oxygens (including phenoxy) is 1. The van der Waals surface area contributed by atoms with E-state index in [1.807, 2.05) is 6.07 Å². The van der Waals surface area contributed by atoms with Crippen molar-refractivity contribution in [2.45, 2.75) is 23.0 Å². The zero-order valence-corrected chi connectivity index (χ0v) is 29.9.